The first-order valence-corrected chi connectivity index (χ1v) is 36.8. The van der Waals surface area contributed by atoms with Crippen LogP contribution in [0.15, 0.2) is 216 Å². The van der Waals surface area contributed by atoms with Crippen LogP contribution in [0.3, 0.4) is 0 Å². The minimum atomic E-state index is -0.425. The summed E-state index contributed by atoms with van der Waals surface area (Å²) in [5.41, 5.74) is 14.4. The molecule has 111 heavy (non-hydrogen) atoms. The Morgan fingerprint density at radius 2 is 0.748 bits per heavy atom. The maximum Gasteiger partial charge on any atom is 0.327 e. The molecule has 0 radical (unpaired) electrons. The van der Waals surface area contributed by atoms with E-state index < -0.39 is 22.7 Å². The summed E-state index contributed by atoms with van der Waals surface area (Å²) in [4.78, 5) is 113. The number of nitrogens with zero attached hydrogens (tertiary/aromatic N) is 8. The van der Waals surface area contributed by atoms with Crippen molar-refractivity contribution in [3.63, 3.8) is 0 Å². The normalized spacial score (nSPS) is 11.4. The molecule has 0 saturated heterocycles. The van der Waals surface area contributed by atoms with Gasteiger partial charge in [-0.1, -0.05) is 179 Å². The number of aryl methyl sites for hydroxylation is 10. The van der Waals surface area contributed by atoms with Crippen LogP contribution in [0.4, 0.5) is 46.0 Å². The Balaban J connectivity index is 0.000000187. The molecular weight excluding hydrogens is 1390 g/mol. The van der Waals surface area contributed by atoms with Crippen molar-refractivity contribution in [2.45, 2.75) is 89.5 Å². The molecule has 2 aliphatic carbocycles. The fraction of sp³-hybridized carbons (Fsp3) is 0.165. The fourth-order valence-electron chi connectivity index (χ4n) is 14.0. The van der Waals surface area contributed by atoms with E-state index in [1.54, 1.807) is 93.8 Å². The zero-order valence-electron chi connectivity index (χ0n) is 64.2. The number of para-hydroxylation sites is 2. The van der Waals surface area contributed by atoms with Gasteiger partial charge in [-0.15, -0.1) is 0 Å². The summed E-state index contributed by atoms with van der Waals surface area (Å²) in [5, 5.41) is 14.8. The first-order valence-electron chi connectivity index (χ1n) is 36.8. The van der Waals surface area contributed by atoms with Crippen molar-refractivity contribution in [2.75, 3.05) is 21.3 Å². The minimum absolute atomic E-state index is 0.0326. The Hall–Kier alpha value is -13.9. The highest BCUT2D eigenvalue weighted by molar-refractivity contribution is 6.32. The molecule has 0 spiro atoms. The van der Waals surface area contributed by atoms with Crippen LogP contribution >= 0.6 is 0 Å². The molecule has 4 N–H and O–H groups in total. The predicted octanol–water partition coefficient (Wildman–Crippen LogP) is 19.7. The van der Waals surface area contributed by atoms with Gasteiger partial charge in [0.25, 0.3) is 11.1 Å². The number of pyridine rings is 2. The van der Waals surface area contributed by atoms with Crippen LogP contribution in [0.5, 0.6) is 23.5 Å². The number of hydrogen-bond donors (Lipinski definition) is 4. The molecule has 554 valence electrons. The number of nitrogens with one attached hydrogen (secondary N) is 4. The summed E-state index contributed by atoms with van der Waals surface area (Å²) in [6.45, 7) is 23.5. The lowest BCUT2D eigenvalue weighted by atomic mass is 9.80. The number of anilines is 8. The molecule has 0 unspecified atom stereocenters. The van der Waals surface area contributed by atoms with Gasteiger partial charge < -0.3 is 39.9 Å². The largest absolute Gasteiger partial charge is 0.424 e. The van der Waals surface area contributed by atoms with Gasteiger partial charge in [0.1, 0.15) is 23.1 Å². The van der Waals surface area contributed by atoms with Crippen molar-refractivity contribution in [3.05, 3.63) is 317 Å². The van der Waals surface area contributed by atoms with Gasteiger partial charge in [0.2, 0.25) is 11.9 Å². The van der Waals surface area contributed by atoms with E-state index in [2.05, 4.69) is 51.2 Å². The molecule has 10 aromatic carbocycles. The summed E-state index contributed by atoms with van der Waals surface area (Å²) in [6.07, 6.45) is 0.579. The van der Waals surface area contributed by atoms with Crippen LogP contribution in [-0.4, -0.2) is 62.2 Å². The molecule has 2 aliphatic rings. The van der Waals surface area contributed by atoms with Crippen LogP contribution in [-0.2, 0) is 20.5 Å². The van der Waals surface area contributed by atoms with Crippen molar-refractivity contribution >= 4 is 91.0 Å². The van der Waals surface area contributed by atoms with Gasteiger partial charge >= 0.3 is 12.0 Å². The maximum atomic E-state index is 14.5. The Morgan fingerprint density at radius 1 is 0.369 bits per heavy atom. The van der Waals surface area contributed by atoms with Crippen molar-refractivity contribution in [2.24, 2.45) is 14.1 Å². The van der Waals surface area contributed by atoms with Gasteiger partial charge in [-0.3, -0.25) is 28.8 Å². The van der Waals surface area contributed by atoms with E-state index in [9.17, 15) is 28.8 Å². The molecule has 4 heterocycles. The van der Waals surface area contributed by atoms with Crippen molar-refractivity contribution < 1.29 is 28.7 Å². The zero-order valence-corrected chi connectivity index (χ0v) is 64.2. The number of ether oxygens (including phenoxy) is 2. The number of fused-ring (bicyclic) bond motifs is 4. The zero-order chi connectivity index (χ0) is 78.6. The van der Waals surface area contributed by atoms with Crippen LogP contribution in [0, 0.1) is 48.5 Å². The van der Waals surface area contributed by atoms with E-state index in [1.165, 1.54) is 9.13 Å². The molecule has 0 bridgehead atoms. The van der Waals surface area contributed by atoms with E-state index in [1.807, 2.05) is 210 Å². The van der Waals surface area contributed by atoms with E-state index >= 15 is 0 Å². The topological polar surface area (TPSA) is 256 Å². The molecular formula is C91H82N12O8. The number of rotatable bonds is 17. The Morgan fingerprint density at radius 3 is 1.15 bits per heavy atom. The number of carbonyl (C=O) groups excluding carboxylic acids is 4. The number of aromatic nitrogens is 8. The molecule has 0 atom stereocenters. The Bertz CT molecular complexity index is 6210. The van der Waals surface area contributed by atoms with Gasteiger partial charge in [0.15, 0.2) is 23.1 Å². The predicted molar refractivity (Wildman–Crippen MR) is 440 cm³/mol. The van der Waals surface area contributed by atoms with Crippen LogP contribution in [0.1, 0.15) is 143 Å². The second kappa shape index (κ2) is 31.9. The molecule has 16 rings (SSSR count). The summed E-state index contributed by atoms with van der Waals surface area (Å²) in [7, 11) is 3.28. The lowest BCUT2D eigenvalue weighted by Gasteiger charge is -2.26. The third kappa shape index (κ3) is 14.8. The third-order valence-electron chi connectivity index (χ3n) is 19.3. The highest BCUT2D eigenvalue weighted by Crippen LogP contribution is 2.47. The fourth-order valence-corrected chi connectivity index (χ4v) is 14.0. The van der Waals surface area contributed by atoms with Gasteiger partial charge in [0.05, 0.1) is 44.7 Å². The second-order valence-corrected chi connectivity index (χ2v) is 26.6. The first kappa shape index (κ1) is 75.4. The summed E-state index contributed by atoms with van der Waals surface area (Å²) < 4.78 is 14.7. The number of hydrogen-bond acceptors (Lipinski definition) is 18. The lowest BCUT2D eigenvalue weighted by Crippen LogP contribution is -2.29. The number of carbonyl (C=O) groups is 4. The summed E-state index contributed by atoms with van der Waals surface area (Å²) in [6, 6.07) is 62.9. The number of ketones is 4. The number of benzene rings is 10. The third-order valence-corrected chi connectivity index (χ3v) is 19.3. The van der Waals surface area contributed by atoms with Gasteiger partial charge in [-0.05, 0) is 155 Å². The minimum Gasteiger partial charge on any atom is -0.424 e. The average Bonchev–Trinajstić information content (AvgIpc) is 0.712. The van der Waals surface area contributed by atoms with E-state index in [0.29, 0.717) is 130 Å². The summed E-state index contributed by atoms with van der Waals surface area (Å²) in [5.74, 6) is 1.72. The van der Waals surface area contributed by atoms with E-state index in [0.717, 1.165) is 56.1 Å². The average molecular weight is 1470 g/mol. The molecule has 0 amide bonds. The first-order chi connectivity index (χ1) is 53.7. The van der Waals surface area contributed by atoms with Crippen LogP contribution < -0.4 is 41.9 Å². The summed E-state index contributed by atoms with van der Waals surface area (Å²) >= 11 is 0. The van der Waals surface area contributed by atoms with Crippen LogP contribution in [0.25, 0.3) is 44.1 Å². The second-order valence-electron chi connectivity index (χ2n) is 26.6. The Kier molecular flexibility index (Phi) is 21.7. The molecule has 0 fully saturated rings. The van der Waals surface area contributed by atoms with Gasteiger partial charge in [-0.2, -0.15) is 29.9 Å². The molecule has 20 heteroatoms. The quantitative estimate of drug-likeness (QED) is 0.0618. The highest BCUT2D eigenvalue weighted by Gasteiger charge is 2.37. The molecule has 0 saturated carbocycles. The molecule has 20 nitrogen and oxygen atoms in total. The highest BCUT2D eigenvalue weighted by atomic mass is 16.5. The monoisotopic (exact) mass is 1470 g/mol. The standard InChI is InChI=1S/C44H36N6O4.C43H34N6O4.2C2H6/c1-6-35-47-43(49-44(48-35)54-28-15-8-7-9-16-28)46-33-23-32(25(3)22-26(33)4)45-31-19-20-34-38-36(29-17-10-11-18-30(29)41(52)37(31)38)39(42(53)50(34)5)40(51)27-14-12-13-24(2)21-27;1-23-12-11-13-27(20-23)39(50)38-35-29-16-9-10-17-30(29)40(51)36-31(18-19-34(37(35)36)49(5)41(38)52)46-32-22-33(25(3)21-24(32)2)47-42-44-26(4)45-43(48-42)53-28-14-7-6-8-15-28;2*1-2/h7-23,45H,6H2,1-5H3,(H,46,47,48,49);6-22,46H,1-5H3,(H,44,45,47,48);2*1-2H3. The molecule has 0 aliphatic heterocycles. The van der Waals surface area contributed by atoms with Gasteiger partial charge in [0, 0.05) is 87.4 Å². The van der Waals surface area contributed by atoms with E-state index in [4.69, 9.17) is 9.47 Å². The van der Waals surface area contributed by atoms with Crippen molar-refractivity contribution in [1.29, 1.82) is 0 Å². The van der Waals surface area contributed by atoms with Crippen molar-refractivity contribution in [1.82, 2.24) is 39.0 Å². The molecule has 14 aromatic rings. The van der Waals surface area contributed by atoms with Gasteiger partial charge in [-0.25, -0.2) is 0 Å². The lowest BCUT2D eigenvalue weighted by molar-refractivity contribution is 0.102. The van der Waals surface area contributed by atoms with Crippen molar-refractivity contribution in [3.8, 4) is 45.8 Å². The SMILES string of the molecule is CC.CC.CCc1nc(Nc2cc(Nc3ccc4c5c3C(=O)c3ccccc3-c5c(C(=O)c3cccc(C)c3)c(=O)n4C)c(C)cc2C)nc(Oc2ccccc2)n1.Cc1cccc(C(=O)c2c3c4c(c(Nc5cc(Nc6nc(C)nc(Oc7ccccc7)n6)c(C)cc5C)ccc4n(C)c2=O)C(=O)c2ccccc2-3)c1. The Labute approximate surface area is 642 Å². The smallest absolute Gasteiger partial charge is 0.327 e. The van der Waals surface area contributed by atoms with Crippen LogP contribution in [0.2, 0.25) is 0 Å². The van der Waals surface area contributed by atoms with E-state index in [-0.39, 0.29) is 34.7 Å². The molecule has 4 aromatic heterocycles. The maximum absolute atomic E-state index is 14.5.